The topological polar surface area (TPSA) is 39.0 Å². The zero-order valence-electron chi connectivity index (χ0n) is 16.5. The fourth-order valence-electron chi connectivity index (χ4n) is 3.33. The molecular weight excluding hydrogens is 334 g/mol. The van der Waals surface area contributed by atoms with Crippen molar-refractivity contribution in [3.63, 3.8) is 0 Å². The lowest BCUT2D eigenvalue weighted by atomic mass is 9.88. The zero-order valence-corrected chi connectivity index (χ0v) is 16.5. The van der Waals surface area contributed by atoms with Gasteiger partial charge in [-0.05, 0) is 56.2 Å². The van der Waals surface area contributed by atoms with Crippen molar-refractivity contribution in [3.8, 4) is 5.75 Å². The molecule has 1 atom stereocenters. The second-order valence-electron chi connectivity index (χ2n) is 7.35. The van der Waals surface area contributed by atoms with Gasteiger partial charge in [-0.2, -0.15) is 0 Å². The quantitative estimate of drug-likeness (QED) is 0.561. The van der Waals surface area contributed by atoms with Crippen molar-refractivity contribution in [1.82, 2.24) is 0 Å². The van der Waals surface area contributed by atoms with Crippen molar-refractivity contribution >= 4 is 0 Å². The summed E-state index contributed by atoms with van der Waals surface area (Å²) in [6.07, 6.45) is 3.01. The monoisotopic (exact) mass is 364 g/mol. The van der Waals surface area contributed by atoms with Gasteiger partial charge in [-0.1, -0.05) is 42.0 Å². The van der Waals surface area contributed by atoms with Crippen molar-refractivity contribution < 1.29 is 14.5 Å². The Kier molecular flexibility index (Phi) is 6.72. The third-order valence-electron chi connectivity index (χ3n) is 4.72. The van der Waals surface area contributed by atoms with Gasteiger partial charge in [0, 0.05) is 12.3 Å². The lowest BCUT2D eigenvalue weighted by Gasteiger charge is -2.18. The molecule has 3 rings (SSSR count). The van der Waals surface area contributed by atoms with E-state index in [1.165, 1.54) is 16.7 Å². The number of rotatable bonds is 9. The molecule has 2 N–H and O–H groups in total. The largest absolute Gasteiger partial charge is 0.491 e. The summed E-state index contributed by atoms with van der Waals surface area (Å²) in [5.41, 5.74) is 3.99. The predicted octanol–water partition coefficient (Wildman–Crippen LogP) is 4.66. The van der Waals surface area contributed by atoms with Gasteiger partial charge in [-0.25, -0.2) is 0 Å². The Bertz CT molecular complexity index is 789. The van der Waals surface area contributed by atoms with Crippen molar-refractivity contribution in [3.05, 3.63) is 89.4 Å². The highest BCUT2D eigenvalue weighted by Crippen LogP contribution is 2.29. The average Bonchev–Trinajstić information content (AvgIpc) is 3.17. The fraction of sp³-hybridized carbons (Fsp3) is 0.333. The average molecular weight is 365 g/mol. The van der Waals surface area contributed by atoms with E-state index in [1.54, 1.807) is 6.26 Å². The summed E-state index contributed by atoms with van der Waals surface area (Å²) in [5.74, 6) is 2.34. The minimum Gasteiger partial charge on any atom is -0.491 e. The van der Waals surface area contributed by atoms with E-state index in [1.807, 2.05) is 12.1 Å². The third kappa shape index (κ3) is 5.73. The Labute approximate surface area is 162 Å². The summed E-state index contributed by atoms with van der Waals surface area (Å²) in [7, 11) is 0. The number of hydrogen-bond acceptors (Lipinski definition) is 2. The Hall–Kier alpha value is -2.52. The molecule has 0 aliphatic rings. The fourth-order valence-corrected chi connectivity index (χ4v) is 3.33. The van der Waals surface area contributed by atoms with Gasteiger partial charge in [0.25, 0.3) is 0 Å². The molecule has 0 saturated carbocycles. The van der Waals surface area contributed by atoms with Crippen molar-refractivity contribution in [2.45, 2.75) is 45.8 Å². The van der Waals surface area contributed by atoms with Crippen LogP contribution < -0.4 is 10.1 Å². The standard InChI is InChI=1S/C24H29NO2/c1-18(2)27-22-12-10-21(11-13-22)24(20-8-6-19(3)7-9-20)14-15-25-17-23-5-4-16-26-23/h4-13,16,18,24-25H,14-15,17H2,1-3H3/p+1/t24-/m1/s1. The minimum absolute atomic E-state index is 0.194. The summed E-state index contributed by atoms with van der Waals surface area (Å²) in [6.45, 7) is 8.17. The molecule has 0 fully saturated rings. The number of ether oxygens (including phenoxy) is 1. The van der Waals surface area contributed by atoms with Gasteiger partial charge < -0.3 is 14.5 Å². The molecular formula is C24H30NO2+. The molecule has 0 amide bonds. The van der Waals surface area contributed by atoms with Crippen LogP contribution in [0.4, 0.5) is 0 Å². The van der Waals surface area contributed by atoms with Crippen LogP contribution in [-0.2, 0) is 6.54 Å². The maximum Gasteiger partial charge on any atom is 0.157 e. The molecule has 3 nitrogen and oxygen atoms in total. The van der Waals surface area contributed by atoms with Crippen molar-refractivity contribution in [2.24, 2.45) is 0 Å². The molecule has 27 heavy (non-hydrogen) atoms. The van der Waals surface area contributed by atoms with Gasteiger partial charge in [-0.3, -0.25) is 0 Å². The number of quaternary nitrogens is 1. The predicted molar refractivity (Wildman–Crippen MR) is 109 cm³/mol. The number of hydrogen-bond donors (Lipinski definition) is 1. The number of furan rings is 1. The van der Waals surface area contributed by atoms with E-state index in [0.29, 0.717) is 5.92 Å². The molecule has 1 heterocycles. The van der Waals surface area contributed by atoms with Crippen LogP contribution in [0, 0.1) is 6.92 Å². The summed E-state index contributed by atoms with van der Waals surface area (Å²) in [5, 5.41) is 2.32. The summed E-state index contributed by atoms with van der Waals surface area (Å²) in [4.78, 5) is 0. The molecule has 0 aliphatic heterocycles. The molecule has 0 unspecified atom stereocenters. The molecule has 0 aliphatic carbocycles. The van der Waals surface area contributed by atoms with E-state index in [4.69, 9.17) is 9.15 Å². The van der Waals surface area contributed by atoms with Crippen LogP contribution in [0.1, 0.15) is 48.6 Å². The lowest BCUT2D eigenvalue weighted by molar-refractivity contribution is -0.672. The van der Waals surface area contributed by atoms with Crippen LogP contribution in [0.15, 0.2) is 71.3 Å². The first-order chi connectivity index (χ1) is 13.1. The van der Waals surface area contributed by atoms with Crippen LogP contribution in [-0.4, -0.2) is 12.6 Å². The molecule has 3 aromatic rings. The Balaban J connectivity index is 1.70. The maximum atomic E-state index is 5.79. The number of benzene rings is 2. The van der Waals surface area contributed by atoms with Gasteiger partial charge in [0.05, 0.1) is 18.9 Å². The van der Waals surface area contributed by atoms with Crippen molar-refractivity contribution in [2.75, 3.05) is 6.54 Å². The Morgan fingerprint density at radius 2 is 1.59 bits per heavy atom. The minimum atomic E-state index is 0.194. The summed E-state index contributed by atoms with van der Waals surface area (Å²) in [6, 6.07) is 21.5. The van der Waals surface area contributed by atoms with E-state index in [2.05, 4.69) is 74.6 Å². The van der Waals surface area contributed by atoms with Gasteiger partial charge in [0.1, 0.15) is 12.3 Å². The van der Waals surface area contributed by atoms with Gasteiger partial charge in [0.15, 0.2) is 5.76 Å². The summed E-state index contributed by atoms with van der Waals surface area (Å²) < 4.78 is 11.2. The molecule has 142 valence electrons. The van der Waals surface area contributed by atoms with Crippen LogP contribution in [0.5, 0.6) is 5.75 Å². The Morgan fingerprint density at radius 1 is 0.926 bits per heavy atom. The van der Waals surface area contributed by atoms with Gasteiger partial charge in [0.2, 0.25) is 0 Å². The van der Waals surface area contributed by atoms with E-state index in [-0.39, 0.29) is 6.10 Å². The zero-order chi connectivity index (χ0) is 19.1. The SMILES string of the molecule is Cc1ccc([C@@H](CC[NH2+]Cc2ccco2)c2ccc(OC(C)C)cc2)cc1. The third-order valence-corrected chi connectivity index (χ3v) is 4.72. The first kappa shape index (κ1) is 19.2. The van der Waals surface area contributed by atoms with E-state index in [0.717, 1.165) is 31.0 Å². The van der Waals surface area contributed by atoms with Crippen LogP contribution in [0.25, 0.3) is 0 Å². The van der Waals surface area contributed by atoms with E-state index >= 15 is 0 Å². The van der Waals surface area contributed by atoms with E-state index < -0.39 is 0 Å². The first-order valence-corrected chi connectivity index (χ1v) is 9.79. The smallest absolute Gasteiger partial charge is 0.157 e. The summed E-state index contributed by atoms with van der Waals surface area (Å²) >= 11 is 0. The highest BCUT2D eigenvalue weighted by atomic mass is 16.5. The second kappa shape index (κ2) is 9.43. The van der Waals surface area contributed by atoms with Crippen LogP contribution >= 0.6 is 0 Å². The molecule has 3 heteroatoms. The number of aryl methyl sites for hydroxylation is 1. The Morgan fingerprint density at radius 3 is 2.19 bits per heavy atom. The molecule has 0 spiro atoms. The van der Waals surface area contributed by atoms with Crippen LogP contribution in [0.2, 0.25) is 0 Å². The molecule has 0 bridgehead atoms. The van der Waals surface area contributed by atoms with E-state index in [9.17, 15) is 0 Å². The van der Waals surface area contributed by atoms with Gasteiger partial charge >= 0.3 is 0 Å². The molecule has 2 aromatic carbocycles. The highest BCUT2D eigenvalue weighted by molar-refractivity contribution is 5.37. The first-order valence-electron chi connectivity index (χ1n) is 9.79. The number of nitrogens with two attached hydrogens (primary N) is 1. The second-order valence-corrected chi connectivity index (χ2v) is 7.35. The highest BCUT2D eigenvalue weighted by Gasteiger charge is 2.15. The van der Waals surface area contributed by atoms with Crippen molar-refractivity contribution in [1.29, 1.82) is 0 Å². The van der Waals surface area contributed by atoms with Crippen LogP contribution in [0.3, 0.4) is 0 Å². The lowest BCUT2D eigenvalue weighted by Crippen LogP contribution is -2.82. The van der Waals surface area contributed by atoms with Gasteiger partial charge in [-0.15, -0.1) is 0 Å². The molecule has 1 aromatic heterocycles. The normalized spacial score (nSPS) is 12.3. The maximum absolute atomic E-state index is 5.79. The molecule has 0 radical (unpaired) electrons. The molecule has 0 saturated heterocycles.